The van der Waals surface area contributed by atoms with E-state index in [1.165, 1.54) is 0 Å². The molecule has 3 heterocycles. The largest absolute Gasteiger partial charge is 0.392 e. The van der Waals surface area contributed by atoms with Crippen LogP contribution in [-0.2, 0) is 14.3 Å². The van der Waals surface area contributed by atoms with Crippen molar-refractivity contribution >= 4 is 17.8 Å². The number of aliphatic hydroxyl groups excluding tert-OH is 2. The van der Waals surface area contributed by atoms with Gasteiger partial charge in [-0.1, -0.05) is 44.9 Å². The molecule has 39 heavy (non-hydrogen) atoms. The Hall–Kier alpha value is -2.35. The van der Waals surface area contributed by atoms with Crippen molar-refractivity contribution < 1.29 is 24.5 Å². The van der Waals surface area contributed by atoms with Gasteiger partial charge in [0, 0.05) is 18.5 Å². The topological polar surface area (TPSA) is 112 Å². The molecule has 216 valence electrons. The lowest BCUT2D eigenvalue weighted by Crippen LogP contribution is -2.48. The molecular weight excluding hydrogens is 492 g/mol. The van der Waals surface area contributed by atoms with E-state index in [1.54, 1.807) is 20.0 Å². The molecule has 3 N–H and O–H groups in total. The van der Waals surface area contributed by atoms with Crippen molar-refractivity contribution in [3.8, 4) is 0 Å². The quantitative estimate of drug-likeness (QED) is 0.365. The monoisotopic (exact) mass is 540 g/mol. The molecule has 0 spiro atoms. The number of nitrogens with one attached hydrogen (secondary N) is 1. The van der Waals surface area contributed by atoms with Gasteiger partial charge in [0.15, 0.2) is 0 Å². The standard InChI is InChI=1S/C32H48N2O5/c1-20(2)13-14-24-29(37)21(3)11-10-15-32(7)27(39-32)18-25(22(4)17-23-12-8-9-16-33-23)34-28(36)19-26(35)31(5,6)30(24)38/h8-9,12-13,16-17,21,24-27,29,35,37H,10-11,14-15,18-19H2,1-7H3,(H,34,36)/t21-,24+,25-,26-,27?,29+,32?/m0/s1. The zero-order chi connectivity index (χ0) is 29.0. The van der Waals surface area contributed by atoms with E-state index in [9.17, 15) is 19.8 Å². The minimum absolute atomic E-state index is 0.00336. The highest BCUT2D eigenvalue weighted by atomic mass is 16.6. The van der Waals surface area contributed by atoms with Crippen LogP contribution in [0.2, 0.25) is 0 Å². The predicted molar refractivity (Wildman–Crippen MR) is 154 cm³/mol. The third kappa shape index (κ3) is 8.09. The predicted octanol–water partition coefficient (Wildman–Crippen LogP) is 5.02. The second kappa shape index (κ2) is 12.9. The van der Waals surface area contributed by atoms with Crippen LogP contribution in [0.3, 0.4) is 0 Å². The summed E-state index contributed by atoms with van der Waals surface area (Å²) in [7, 11) is 0. The summed E-state index contributed by atoms with van der Waals surface area (Å²) in [5.41, 5.74) is 1.33. The van der Waals surface area contributed by atoms with Gasteiger partial charge in [0.05, 0.1) is 47.5 Å². The molecule has 0 radical (unpaired) electrons. The fourth-order valence-corrected chi connectivity index (χ4v) is 5.61. The van der Waals surface area contributed by atoms with E-state index in [0.29, 0.717) is 12.8 Å². The first-order valence-corrected chi connectivity index (χ1v) is 14.3. The van der Waals surface area contributed by atoms with Gasteiger partial charge in [0.25, 0.3) is 0 Å². The number of rotatable bonds is 4. The lowest BCUT2D eigenvalue weighted by molar-refractivity contribution is -0.143. The number of ketones is 1. The number of amides is 1. The Morgan fingerprint density at radius 2 is 1.90 bits per heavy atom. The summed E-state index contributed by atoms with van der Waals surface area (Å²) in [4.78, 5) is 31.4. The highest BCUT2D eigenvalue weighted by Gasteiger charge is 2.52. The first-order chi connectivity index (χ1) is 18.2. The van der Waals surface area contributed by atoms with Gasteiger partial charge in [0.2, 0.25) is 5.91 Å². The van der Waals surface area contributed by atoms with Crippen molar-refractivity contribution in [2.45, 2.75) is 117 Å². The van der Waals surface area contributed by atoms with Crippen molar-refractivity contribution in [2.24, 2.45) is 17.3 Å². The van der Waals surface area contributed by atoms with Gasteiger partial charge in [-0.05, 0) is 76.7 Å². The summed E-state index contributed by atoms with van der Waals surface area (Å²) in [5.74, 6) is -1.29. The van der Waals surface area contributed by atoms with Crippen molar-refractivity contribution in [1.82, 2.24) is 10.3 Å². The molecule has 7 atom stereocenters. The Morgan fingerprint density at radius 3 is 2.54 bits per heavy atom. The molecule has 2 fully saturated rings. The normalized spacial score (nSPS) is 34.5. The van der Waals surface area contributed by atoms with Crippen LogP contribution in [0, 0.1) is 17.3 Å². The van der Waals surface area contributed by atoms with E-state index in [0.717, 1.165) is 36.1 Å². The first kappa shape index (κ1) is 31.2. The molecule has 2 aliphatic rings. The minimum atomic E-state index is -1.21. The molecule has 1 aromatic heterocycles. The van der Waals surface area contributed by atoms with Crippen LogP contribution in [0.1, 0.15) is 92.7 Å². The van der Waals surface area contributed by atoms with Crippen molar-refractivity contribution in [2.75, 3.05) is 0 Å². The summed E-state index contributed by atoms with van der Waals surface area (Å²) in [6.07, 6.45) is 6.90. The molecule has 0 saturated carbocycles. The van der Waals surface area contributed by atoms with Gasteiger partial charge >= 0.3 is 0 Å². The molecule has 7 nitrogen and oxygen atoms in total. The number of allylic oxidation sites excluding steroid dienone is 2. The summed E-state index contributed by atoms with van der Waals surface area (Å²) < 4.78 is 6.15. The third-order valence-electron chi connectivity index (χ3n) is 8.72. The molecule has 1 amide bonds. The van der Waals surface area contributed by atoms with Gasteiger partial charge in [-0.15, -0.1) is 0 Å². The Morgan fingerprint density at radius 1 is 1.18 bits per heavy atom. The first-order valence-electron chi connectivity index (χ1n) is 14.3. The van der Waals surface area contributed by atoms with E-state index in [1.807, 2.05) is 58.0 Å². The van der Waals surface area contributed by atoms with Crippen LogP contribution in [0.5, 0.6) is 0 Å². The number of carbonyl (C=O) groups is 2. The second-order valence-electron chi connectivity index (χ2n) is 12.7. The molecule has 0 aromatic carbocycles. The van der Waals surface area contributed by atoms with Gasteiger partial charge < -0.3 is 20.3 Å². The average molecular weight is 541 g/mol. The average Bonchev–Trinajstić information content (AvgIpc) is 3.51. The maximum absolute atomic E-state index is 13.8. The molecule has 2 unspecified atom stereocenters. The summed E-state index contributed by atoms with van der Waals surface area (Å²) in [6, 6.07) is 5.40. The molecule has 3 rings (SSSR count). The van der Waals surface area contributed by atoms with Crippen LogP contribution in [0.4, 0.5) is 0 Å². The molecule has 7 heteroatoms. The number of Topliss-reactive ketones (excluding diaryl/α,β-unsaturated/α-hetero) is 1. The number of hydrogen-bond acceptors (Lipinski definition) is 6. The fourth-order valence-electron chi connectivity index (χ4n) is 5.61. The molecule has 2 saturated heterocycles. The number of aliphatic hydroxyl groups is 2. The Kier molecular flexibility index (Phi) is 10.3. The SMILES string of the molecule is CC(C)=CC[C@H]1C(=O)C(C)(C)[C@@H](O)CC(=O)N[C@H](C(C)=Cc2ccccn2)CC2OC2(C)CCC[C@H](C)[C@H]1O. The minimum Gasteiger partial charge on any atom is -0.392 e. The number of carbonyl (C=O) groups excluding carboxylic acids is 2. The number of pyridine rings is 1. The van der Waals surface area contributed by atoms with Gasteiger partial charge in [-0.25, -0.2) is 0 Å². The van der Waals surface area contributed by atoms with Crippen LogP contribution in [-0.4, -0.2) is 56.8 Å². The smallest absolute Gasteiger partial charge is 0.223 e. The molecule has 1 aromatic rings. The van der Waals surface area contributed by atoms with E-state index < -0.39 is 23.5 Å². The molecule has 2 aliphatic heterocycles. The van der Waals surface area contributed by atoms with E-state index in [-0.39, 0.29) is 41.8 Å². The van der Waals surface area contributed by atoms with Crippen LogP contribution >= 0.6 is 0 Å². The zero-order valence-corrected chi connectivity index (χ0v) is 24.7. The van der Waals surface area contributed by atoms with Gasteiger partial charge in [0.1, 0.15) is 5.78 Å². The van der Waals surface area contributed by atoms with Gasteiger partial charge in [-0.2, -0.15) is 0 Å². The molecular formula is C32H48N2O5. The Bertz CT molecular complexity index is 1060. The number of epoxide rings is 1. The summed E-state index contributed by atoms with van der Waals surface area (Å²) >= 11 is 0. The van der Waals surface area contributed by atoms with Crippen molar-refractivity contribution in [3.05, 3.63) is 47.3 Å². The van der Waals surface area contributed by atoms with E-state index >= 15 is 0 Å². The summed E-state index contributed by atoms with van der Waals surface area (Å²) in [5, 5.41) is 25.6. The number of ether oxygens (including phenoxy) is 1. The number of fused-ring (bicyclic) bond motifs is 1. The zero-order valence-electron chi connectivity index (χ0n) is 24.7. The van der Waals surface area contributed by atoms with E-state index in [4.69, 9.17) is 4.74 Å². The lowest BCUT2D eigenvalue weighted by atomic mass is 9.71. The summed E-state index contributed by atoms with van der Waals surface area (Å²) in [6.45, 7) is 13.3. The van der Waals surface area contributed by atoms with E-state index in [2.05, 4.69) is 17.2 Å². The van der Waals surface area contributed by atoms with Crippen molar-refractivity contribution in [3.63, 3.8) is 0 Å². The fraction of sp³-hybridized carbons (Fsp3) is 0.656. The Balaban J connectivity index is 1.90. The van der Waals surface area contributed by atoms with Crippen molar-refractivity contribution in [1.29, 1.82) is 0 Å². The second-order valence-corrected chi connectivity index (χ2v) is 12.7. The molecule has 0 bridgehead atoms. The number of hydrogen-bond donors (Lipinski definition) is 3. The van der Waals surface area contributed by atoms with Crippen LogP contribution < -0.4 is 5.32 Å². The number of aromatic nitrogens is 1. The van der Waals surface area contributed by atoms with Crippen LogP contribution in [0.15, 0.2) is 41.6 Å². The maximum Gasteiger partial charge on any atom is 0.223 e. The molecule has 0 aliphatic carbocycles. The highest BCUT2D eigenvalue weighted by molar-refractivity contribution is 5.88. The highest BCUT2D eigenvalue weighted by Crippen LogP contribution is 2.44. The Labute approximate surface area is 234 Å². The lowest BCUT2D eigenvalue weighted by Gasteiger charge is -2.36. The van der Waals surface area contributed by atoms with Crippen LogP contribution in [0.25, 0.3) is 6.08 Å². The number of nitrogens with zero attached hydrogens (tertiary/aromatic N) is 1. The maximum atomic E-state index is 13.8. The van der Waals surface area contributed by atoms with Gasteiger partial charge in [-0.3, -0.25) is 14.6 Å². The third-order valence-corrected chi connectivity index (χ3v) is 8.72.